The monoisotopic (exact) mass is 324 g/mol. The van der Waals surface area contributed by atoms with Crippen LogP contribution in [0, 0.1) is 0 Å². The first-order chi connectivity index (χ1) is 11.6. The van der Waals surface area contributed by atoms with Gasteiger partial charge in [0.05, 0.1) is 5.69 Å². The third-order valence-corrected chi connectivity index (χ3v) is 3.63. The highest BCUT2D eigenvalue weighted by molar-refractivity contribution is 6.07. The Morgan fingerprint density at radius 2 is 1.96 bits per heavy atom. The number of esters is 1. The Hall–Kier alpha value is -2.86. The second-order valence-corrected chi connectivity index (χ2v) is 5.72. The second-order valence-electron chi connectivity index (χ2n) is 5.72. The van der Waals surface area contributed by atoms with Gasteiger partial charge in [-0.1, -0.05) is 18.2 Å². The lowest BCUT2D eigenvalue weighted by atomic mass is 10.2. The molecular weight excluding hydrogens is 304 g/mol. The first kappa shape index (κ1) is 16.0. The maximum Gasteiger partial charge on any atom is 0.357 e. The summed E-state index contributed by atoms with van der Waals surface area (Å²) < 4.78 is 5.38. The van der Waals surface area contributed by atoms with Crippen molar-refractivity contribution in [1.82, 2.24) is 14.9 Å². The molecule has 2 aromatic heterocycles. The summed E-state index contributed by atoms with van der Waals surface area (Å²) in [6.07, 6.45) is 3.40. The van der Waals surface area contributed by atoms with Crippen LogP contribution in [0.5, 0.6) is 0 Å². The summed E-state index contributed by atoms with van der Waals surface area (Å²) in [5.74, 6) is -0.371. The van der Waals surface area contributed by atoms with Crippen molar-refractivity contribution >= 4 is 28.2 Å². The van der Waals surface area contributed by atoms with E-state index in [1.807, 2.05) is 55.4 Å². The van der Waals surface area contributed by atoms with Crippen LogP contribution in [0.1, 0.15) is 10.5 Å². The average molecular weight is 324 g/mol. The average Bonchev–Trinajstić information content (AvgIpc) is 2.94. The summed E-state index contributed by atoms with van der Waals surface area (Å²) >= 11 is 0. The van der Waals surface area contributed by atoms with Crippen molar-refractivity contribution in [3.8, 4) is 0 Å². The molecule has 6 heteroatoms. The molecule has 2 heterocycles. The summed E-state index contributed by atoms with van der Waals surface area (Å²) in [5, 5.41) is 4.23. The van der Waals surface area contributed by atoms with E-state index in [4.69, 9.17) is 4.74 Å². The molecule has 0 radical (unpaired) electrons. The van der Waals surface area contributed by atoms with Crippen molar-refractivity contribution in [2.24, 2.45) is 0 Å². The second kappa shape index (κ2) is 7.14. The Balaban J connectivity index is 1.91. The number of para-hydroxylation sites is 1. The lowest BCUT2D eigenvalue weighted by molar-refractivity contribution is 0.0477. The van der Waals surface area contributed by atoms with E-state index in [1.54, 1.807) is 12.4 Å². The van der Waals surface area contributed by atoms with Crippen LogP contribution in [0.25, 0.3) is 10.9 Å². The predicted molar refractivity (Wildman–Crippen MR) is 94.7 cm³/mol. The molecule has 0 saturated heterocycles. The zero-order valence-corrected chi connectivity index (χ0v) is 13.7. The number of likely N-dealkylation sites (N-methyl/N-ethyl adjacent to an activating group) is 1. The molecule has 124 valence electrons. The van der Waals surface area contributed by atoms with Crippen LogP contribution < -0.4 is 5.32 Å². The number of rotatable bonds is 6. The molecule has 0 saturated carbocycles. The van der Waals surface area contributed by atoms with Gasteiger partial charge in [0.2, 0.25) is 0 Å². The van der Waals surface area contributed by atoms with E-state index in [0.29, 0.717) is 24.5 Å². The number of hydrogen-bond donors (Lipinski definition) is 2. The first-order valence-electron chi connectivity index (χ1n) is 7.75. The van der Waals surface area contributed by atoms with Crippen molar-refractivity contribution < 1.29 is 9.53 Å². The first-order valence-corrected chi connectivity index (χ1v) is 7.75. The van der Waals surface area contributed by atoms with Gasteiger partial charge in [-0.3, -0.25) is 4.98 Å². The number of carbonyl (C=O) groups is 1. The smallest absolute Gasteiger partial charge is 0.357 e. The summed E-state index contributed by atoms with van der Waals surface area (Å²) in [4.78, 5) is 21.6. The molecule has 0 fully saturated rings. The highest BCUT2D eigenvalue weighted by Gasteiger charge is 2.19. The molecule has 0 bridgehead atoms. The molecule has 0 spiro atoms. The number of H-pyrrole nitrogens is 1. The van der Waals surface area contributed by atoms with Crippen molar-refractivity contribution in [2.75, 3.05) is 32.6 Å². The highest BCUT2D eigenvalue weighted by atomic mass is 16.5. The molecule has 2 N–H and O–H groups in total. The van der Waals surface area contributed by atoms with Gasteiger partial charge in [0, 0.05) is 35.5 Å². The third kappa shape index (κ3) is 3.55. The number of fused-ring (bicyclic) bond motifs is 1. The van der Waals surface area contributed by atoms with Crippen LogP contribution in [-0.4, -0.2) is 48.1 Å². The van der Waals surface area contributed by atoms with Gasteiger partial charge in [0.1, 0.15) is 12.3 Å². The van der Waals surface area contributed by atoms with Crippen LogP contribution in [-0.2, 0) is 4.74 Å². The topological polar surface area (TPSA) is 70.2 Å². The number of pyridine rings is 1. The Kier molecular flexibility index (Phi) is 4.77. The van der Waals surface area contributed by atoms with Gasteiger partial charge in [-0.25, -0.2) is 4.79 Å². The quantitative estimate of drug-likeness (QED) is 0.682. The van der Waals surface area contributed by atoms with E-state index < -0.39 is 0 Å². The molecule has 3 rings (SSSR count). The van der Waals surface area contributed by atoms with Gasteiger partial charge in [0.25, 0.3) is 0 Å². The summed E-state index contributed by atoms with van der Waals surface area (Å²) in [5.41, 5.74) is 2.88. The lowest BCUT2D eigenvalue weighted by Gasteiger charge is -2.11. The number of nitrogens with zero attached hydrogens (tertiary/aromatic N) is 2. The molecule has 0 aliphatic rings. The molecule has 0 atom stereocenters. The molecule has 3 aromatic rings. The van der Waals surface area contributed by atoms with E-state index in [1.165, 1.54) is 0 Å². The summed E-state index contributed by atoms with van der Waals surface area (Å²) in [7, 11) is 3.88. The number of aromatic nitrogens is 2. The zero-order valence-electron chi connectivity index (χ0n) is 13.7. The van der Waals surface area contributed by atoms with Crippen LogP contribution in [0.3, 0.4) is 0 Å². The maximum atomic E-state index is 12.5. The Morgan fingerprint density at radius 3 is 2.71 bits per heavy atom. The number of aromatic amines is 1. The lowest BCUT2D eigenvalue weighted by Crippen LogP contribution is -2.20. The standard InChI is InChI=1S/C18H20N4O2/c1-22(2)11-12-24-18(23)17-16(20-13-7-9-19-10-8-13)14-5-3-4-6-15(14)21-17/h3-10,21H,11-12H2,1-2H3,(H,19,20). The number of benzene rings is 1. The van der Waals surface area contributed by atoms with E-state index in [9.17, 15) is 4.79 Å². The van der Waals surface area contributed by atoms with E-state index in [2.05, 4.69) is 15.3 Å². The minimum atomic E-state index is -0.371. The van der Waals surface area contributed by atoms with Gasteiger partial charge >= 0.3 is 5.97 Å². The number of ether oxygens (including phenoxy) is 1. The minimum Gasteiger partial charge on any atom is -0.460 e. The fraction of sp³-hybridized carbons (Fsp3) is 0.222. The van der Waals surface area contributed by atoms with Crippen LogP contribution in [0.15, 0.2) is 48.8 Å². The predicted octanol–water partition coefficient (Wildman–Crippen LogP) is 3.02. The number of anilines is 2. The Bertz CT molecular complexity index is 827. The molecule has 0 amide bonds. The normalized spacial score (nSPS) is 11.0. The van der Waals surface area contributed by atoms with Crippen LogP contribution >= 0.6 is 0 Å². The van der Waals surface area contributed by atoms with Crippen molar-refractivity contribution in [3.05, 3.63) is 54.5 Å². The maximum absolute atomic E-state index is 12.5. The molecule has 24 heavy (non-hydrogen) atoms. The number of carbonyl (C=O) groups excluding carboxylic acids is 1. The van der Waals surface area contributed by atoms with E-state index in [0.717, 1.165) is 16.6 Å². The van der Waals surface area contributed by atoms with Gasteiger partial charge in [-0.2, -0.15) is 0 Å². The Morgan fingerprint density at radius 1 is 1.21 bits per heavy atom. The third-order valence-electron chi connectivity index (χ3n) is 3.63. The summed E-state index contributed by atoms with van der Waals surface area (Å²) in [6, 6.07) is 11.5. The molecule has 1 aromatic carbocycles. The number of nitrogens with one attached hydrogen (secondary N) is 2. The van der Waals surface area contributed by atoms with Gasteiger partial charge < -0.3 is 19.9 Å². The van der Waals surface area contributed by atoms with Crippen LogP contribution in [0.2, 0.25) is 0 Å². The molecule has 0 unspecified atom stereocenters. The molecular formula is C18H20N4O2. The van der Waals surface area contributed by atoms with Gasteiger partial charge in [-0.15, -0.1) is 0 Å². The van der Waals surface area contributed by atoms with Crippen molar-refractivity contribution in [3.63, 3.8) is 0 Å². The SMILES string of the molecule is CN(C)CCOC(=O)c1[nH]c2ccccc2c1Nc1ccncc1. The van der Waals surface area contributed by atoms with Crippen molar-refractivity contribution in [1.29, 1.82) is 0 Å². The Labute approximate surface area is 140 Å². The number of hydrogen-bond acceptors (Lipinski definition) is 5. The van der Waals surface area contributed by atoms with E-state index >= 15 is 0 Å². The van der Waals surface area contributed by atoms with Gasteiger partial charge in [0.15, 0.2) is 0 Å². The highest BCUT2D eigenvalue weighted by Crippen LogP contribution is 2.30. The van der Waals surface area contributed by atoms with Crippen LogP contribution in [0.4, 0.5) is 11.4 Å². The van der Waals surface area contributed by atoms with E-state index in [-0.39, 0.29) is 5.97 Å². The zero-order chi connectivity index (χ0) is 16.9. The summed E-state index contributed by atoms with van der Waals surface area (Å²) in [6.45, 7) is 1.02. The minimum absolute atomic E-state index is 0.343. The van der Waals surface area contributed by atoms with Gasteiger partial charge in [-0.05, 0) is 32.3 Å². The molecule has 6 nitrogen and oxygen atoms in total. The fourth-order valence-corrected chi connectivity index (χ4v) is 2.40. The molecule has 0 aliphatic carbocycles. The fourth-order valence-electron chi connectivity index (χ4n) is 2.40. The largest absolute Gasteiger partial charge is 0.460 e. The van der Waals surface area contributed by atoms with Crippen molar-refractivity contribution in [2.45, 2.75) is 0 Å². The molecule has 0 aliphatic heterocycles.